The van der Waals surface area contributed by atoms with Crippen LogP contribution >= 0.6 is 0 Å². The van der Waals surface area contributed by atoms with Crippen LogP contribution in [-0.2, 0) is 45.4 Å². The van der Waals surface area contributed by atoms with Crippen molar-refractivity contribution in [1.29, 1.82) is 0 Å². The molecule has 0 fully saturated rings. The molecule has 240 valence electrons. The second kappa shape index (κ2) is 36.5. The van der Waals surface area contributed by atoms with Crippen LogP contribution in [0.1, 0.15) is 77.0 Å². The number of unbranched alkanes of at least 4 members (excludes halogenated alkanes) is 4. The third-order valence-electron chi connectivity index (χ3n) is 5.09. The SMILES string of the molecule is NCCCC[C@H](N)C(=O)[O-].NCCCC[C@H](N)C(=O)[O-].NCCCC[C@H](N)C(=O)[O-].NCCCC[C@H](N)C(=O)[O-].[Zr+4]. The molecule has 0 aliphatic carbocycles. The number of aliphatic carboxylic acids is 4. The van der Waals surface area contributed by atoms with Crippen LogP contribution in [0, 0.1) is 0 Å². The van der Waals surface area contributed by atoms with Gasteiger partial charge in [-0.25, -0.2) is 0 Å². The third kappa shape index (κ3) is 43.0. The van der Waals surface area contributed by atoms with Crippen molar-refractivity contribution in [3.05, 3.63) is 0 Å². The van der Waals surface area contributed by atoms with Crippen molar-refractivity contribution in [2.75, 3.05) is 26.2 Å². The summed E-state index contributed by atoms with van der Waals surface area (Å²) in [5.41, 5.74) is 41.4. The molecule has 0 rings (SSSR count). The minimum atomic E-state index is -1.18. The van der Waals surface area contributed by atoms with Crippen LogP contribution in [0.4, 0.5) is 0 Å². The van der Waals surface area contributed by atoms with Gasteiger partial charge in [-0.2, -0.15) is 0 Å². The van der Waals surface area contributed by atoms with Crippen molar-refractivity contribution < 1.29 is 65.8 Å². The van der Waals surface area contributed by atoms with Crippen LogP contribution in [0.5, 0.6) is 0 Å². The number of carbonyl (C=O) groups is 4. The molecule has 0 saturated heterocycles. The molecule has 41 heavy (non-hydrogen) atoms. The van der Waals surface area contributed by atoms with E-state index < -0.39 is 48.0 Å². The average Bonchev–Trinajstić information content (AvgIpc) is 2.89. The maximum Gasteiger partial charge on any atom is 4.00 e. The molecule has 0 saturated carbocycles. The van der Waals surface area contributed by atoms with E-state index in [0.29, 0.717) is 51.9 Å². The molecular formula is C24H52N8O8Zr. The van der Waals surface area contributed by atoms with E-state index in [0.717, 1.165) is 51.4 Å². The van der Waals surface area contributed by atoms with E-state index in [-0.39, 0.29) is 26.2 Å². The predicted octanol–water partition coefficient (Wildman–Crippen LogP) is -7.23. The largest absolute Gasteiger partial charge is 4.00 e. The van der Waals surface area contributed by atoms with Gasteiger partial charge in [-0.15, -0.1) is 0 Å². The summed E-state index contributed by atoms with van der Waals surface area (Å²) < 4.78 is 0. The Morgan fingerprint density at radius 2 is 0.537 bits per heavy atom. The second-order valence-electron chi connectivity index (χ2n) is 8.84. The molecule has 16 nitrogen and oxygen atoms in total. The first kappa shape index (κ1) is 49.1. The van der Waals surface area contributed by atoms with E-state index in [1.54, 1.807) is 0 Å². The fourth-order valence-electron chi connectivity index (χ4n) is 2.51. The maximum absolute atomic E-state index is 10.0. The van der Waals surface area contributed by atoms with Gasteiger partial charge in [0.25, 0.3) is 0 Å². The molecule has 0 bridgehead atoms. The fourth-order valence-corrected chi connectivity index (χ4v) is 2.51. The van der Waals surface area contributed by atoms with E-state index in [1.807, 2.05) is 0 Å². The molecule has 0 amide bonds. The molecule has 4 atom stereocenters. The Labute approximate surface area is 262 Å². The Bertz CT molecular complexity index is 534. The fraction of sp³-hybridized carbons (Fsp3) is 0.833. The van der Waals surface area contributed by atoms with Gasteiger partial charge in [-0.05, 0) is 77.5 Å². The molecule has 0 unspecified atom stereocenters. The summed E-state index contributed by atoms with van der Waals surface area (Å²) in [7, 11) is 0. The molecule has 0 aromatic rings. The number of carboxylic acid groups (broad SMARTS) is 4. The van der Waals surface area contributed by atoms with Crippen LogP contribution in [-0.4, -0.2) is 74.2 Å². The summed E-state index contributed by atoms with van der Waals surface area (Å²) in [6.07, 6.45) is 8.14. The van der Waals surface area contributed by atoms with Crippen molar-refractivity contribution >= 4 is 23.9 Å². The second-order valence-corrected chi connectivity index (χ2v) is 8.84. The normalized spacial score (nSPS) is 12.7. The van der Waals surface area contributed by atoms with Gasteiger partial charge in [0.05, 0.1) is 23.9 Å². The van der Waals surface area contributed by atoms with Gasteiger partial charge < -0.3 is 85.5 Å². The molecule has 0 heterocycles. The number of carbonyl (C=O) groups excluding carboxylic acids is 4. The van der Waals surface area contributed by atoms with E-state index in [2.05, 4.69) is 0 Å². The molecule has 0 aromatic carbocycles. The minimum absolute atomic E-state index is 0. The van der Waals surface area contributed by atoms with Crippen LogP contribution in [0.15, 0.2) is 0 Å². The van der Waals surface area contributed by atoms with E-state index in [1.165, 1.54) is 0 Å². The number of nitrogens with two attached hydrogens (primary N) is 8. The van der Waals surface area contributed by atoms with Crippen molar-refractivity contribution in [2.24, 2.45) is 45.9 Å². The van der Waals surface area contributed by atoms with Crippen molar-refractivity contribution in [3.63, 3.8) is 0 Å². The molecule has 0 aliphatic rings. The monoisotopic (exact) mass is 670 g/mol. The van der Waals surface area contributed by atoms with Crippen LogP contribution in [0.3, 0.4) is 0 Å². The Kier molecular flexibility index (Phi) is 43.7. The van der Waals surface area contributed by atoms with Gasteiger partial charge in [0, 0.05) is 24.2 Å². The zero-order valence-corrected chi connectivity index (χ0v) is 26.5. The van der Waals surface area contributed by atoms with Gasteiger partial charge >= 0.3 is 26.2 Å². The van der Waals surface area contributed by atoms with E-state index in [4.69, 9.17) is 45.9 Å². The number of hydrogen-bond donors (Lipinski definition) is 8. The standard InChI is InChI=1S/4C6H14N2O2.Zr/c4*7-4-2-1-3-5(8)6(9)10;/h4*5H,1-4,7-8H2,(H,9,10);/q;;;;+4/p-4/t4*5-;/m0000./s1. The molecule has 0 spiro atoms. The Balaban J connectivity index is -0.000000139. The van der Waals surface area contributed by atoms with Crippen molar-refractivity contribution in [3.8, 4) is 0 Å². The molecule has 16 N–H and O–H groups in total. The summed E-state index contributed by atoms with van der Waals surface area (Å²) in [4.78, 5) is 40.1. The molecular weight excluding hydrogens is 620 g/mol. The van der Waals surface area contributed by atoms with Gasteiger partial charge in [0.15, 0.2) is 0 Å². The average molecular weight is 672 g/mol. The van der Waals surface area contributed by atoms with E-state index in [9.17, 15) is 39.6 Å². The van der Waals surface area contributed by atoms with Crippen molar-refractivity contribution in [1.82, 2.24) is 0 Å². The molecule has 0 radical (unpaired) electrons. The van der Waals surface area contributed by atoms with Crippen LogP contribution < -0.4 is 66.3 Å². The Hall–Kier alpha value is -1.56. The number of rotatable bonds is 20. The topological polar surface area (TPSA) is 369 Å². The molecule has 17 heteroatoms. The summed E-state index contributed by atoms with van der Waals surface area (Å²) in [5, 5.41) is 40.1. The Morgan fingerprint density at radius 1 is 0.390 bits per heavy atom. The summed E-state index contributed by atoms with van der Waals surface area (Å²) in [5.74, 6) is -4.73. The van der Waals surface area contributed by atoms with Gasteiger partial charge in [-0.1, -0.05) is 25.7 Å². The van der Waals surface area contributed by atoms with Gasteiger partial charge in [0.1, 0.15) is 0 Å². The Morgan fingerprint density at radius 3 is 0.634 bits per heavy atom. The van der Waals surface area contributed by atoms with Crippen LogP contribution in [0.25, 0.3) is 0 Å². The first-order valence-electron chi connectivity index (χ1n) is 13.4. The van der Waals surface area contributed by atoms with Crippen LogP contribution in [0.2, 0.25) is 0 Å². The van der Waals surface area contributed by atoms with Gasteiger partial charge in [-0.3, -0.25) is 0 Å². The smallest absolute Gasteiger partial charge is 0.548 e. The summed E-state index contributed by atoms with van der Waals surface area (Å²) in [6, 6.07) is -3.31. The zero-order valence-electron chi connectivity index (χ0n) is 24.0. The quantitative estimate of drug-likeness (QED) is 0.0557. The summed E-state index contributed by atoms with van der Waals surface area (Å²) in [6.45, 7) is 2.33. The maximum atomic E-state index is 10.0. The predicted molar refractivity (Wildman–Crippen MR) is 144 cm³/mol. The first-order chi connectivity index (χ1) is 18.7. The number of hydrogen-bond acceptors (Lipinski definition) is 16. The van der Waals surface area contributed by atoms with Gasteiger partial charge in [0.2, 0.25) is 0 Å². The number of carboxylic acids is 4. The molecule has 0 aliphatic heterocycles. The zero-order chi connectivity index (χ0) is 31.9. The minimum Gasteiger partial charge on any atom is -0.548 e. The molecule has 0 aromatic heterocycles. The van der Waals surface area contributed by atoms with E-state index >= 15 is 0 Å². The third-order valence-corrected chi connectivity index (χ3v) is 5.09. The summed E-state index contributed by atoms with van der Waals surface area (Å²) >= 11 is 0. The first-order valence-corrected chi connectivity index (χ1v) is 13.4. The van der Waals surface area contributed by atoms with Crippen molar-refractivity contribution in [2.45, 2.75) is 101 Å².